The molecule has 3 heteroatoms. The summed E-state index contributed by atoms with van der Waals surface area (Å²) in [4.78, 5) is 0. The van der Waals surface area contributed by atoms with Crippen molar-refractivity contribution in [1.82, 2.24) is 4.57 Å². The lowest BCUT2D eigenvalue weighted by atomic mass is 10.2. The Balaban J connectivity index is 2.32. The number of halogens is 2. The molecule has 0 aliphatic carbocycles. The molecule has 0 bridgehead atoms. The highest BCUT2D eigenvalue weighted by Crippen LogP contribution is 2.28. The predicted molar refractivity (Wildman–Crippen MR) is 71.5 cm³/mol. The van der Waals surface area contributed by atoms with Crippen molar-refractivity contribution < 1.29 is 0 Å². The van der Waals surface area contributed by atoms with E-state index in [4.69, 9.17) is 23.2 Å². The molecular formula is C13H15Cl2N. The first-order chi connectivity index (χ1) is 7.72. The Kier molecular flexibility index (Phi) is 3.78. The number of unbranched alkanes of at least 4 members (excludes halogenated alkanes) is 2. The summed E-state index contributed by atoms with van der Waals surface area (Å²) in [6.45, 7) is 3.25. The molecule has 1 aromatic heterocycles. The van der Waals surface area contributed by atoms with Crippen molar-refractivity contribution in [3.63, 3.8) is 0 Å². The Hall–Kier alpha value is -0.660. The third-order valence-corrected chi connectivity index (χ3v) is 3.34. The Morgan fingerprint density at radius 2 is 2.00 bits per heavy atom. The van der Waals surface area contributed by atoms with E-state index in [0.717, 1.165) is 22.5 Å². The average molecular weight is 256 g/mol. The minimum absolute atomic E-state index is 0.702. The molecule has 2 rings (SSSR count). The van der Waals surface area contributed by atoms with E-state index in [2.05, 4.69) is 23.8 Å². The highest BCUT2D eigenvalue weighted by atomic mass is 35.5. The molecule has 0 unspecified atom stereocenters. The van der Waals surface area contributed by atoms with E-state index < -0.39 is 0 Å². The van der Waals surface area contributed by atoms with Crippen LogP contribution in [0.5, 0.6) is 0 Å². The molecule has 0 atom stereocenters. The van der Waals surface area contributed by atoms with Crippen LogP contribution in [0.3, 0.4) is 0 Å². The van der Waals surface area contributed by atoms with Gasteiger partial charge in [0.15, 0.2) is 0 Å². The fraction of sp³-hybridized carbons (Fsp3) is 0.385. The standard InChI is InChI=1S/C13H15Cl2N/c1-2-3-4-6-16-7-5-11-12(15)8-10(14)9-13(11)16/h5,7-9H,2-4,6H2,1H3. The van der Waals surface area contributed by atoms with Crippen LogP contribution in [0, 0.1) is 0 Å². The fourth-order valence-electron chi connectivity index (χ4n) is 1.95. The van der Waals surface area contributed by atoms with Gasteiger partial charge in [-0.1, -0.05) is 43.0 Å². The van der Waals surface area contributed by atoms with Gasteiger partial charge >= 0.3 is 0 Å². The third kappa shape index (κ3) is 2.36. The first-order valence-corrected chi connectivity index (χ1v) is 6.42. The van der Waals surface area contributed by atoms with Gasteiger partial charge in [0.25, 0.3) is 0 Å². The molecule has 0 aliphatic heterocycles. The Bertz CT molecular complexity index is 488. The van der Waals surface area contributed by atoms with Crippen LogP contribution in [0.2, 0.25) is 10.0 Å². The lowest BCUT2D eigenvalue weighted by molar-refractivity contribution is 0.616. The third-order valence-electron chi connectivity index (χ3n) is 2.81. The number of hydrogen-bond donors (Lipinski definition) is 0. The summed E-state index contributed by atoms with van der Waals surface area (Å²) in [7, 11) is 0. The fourth-order valence-corrected chi connectivity index (χ4v) is 2.49. The largest absolute Gasteiger partial charge is 0.347 e. The second kappa shape index (κ2) is 5.11. The van der Waals surface area contributed by atoms with Crippen LogP contribution in [-0.4, -0.2) is 4.57 Å². The van der Waals surface area contributed by atoms with E-state index in [1.165, 1.54) is 19.3 Å². The van der Waals surface area contributed by atoms with E-state index in [0.29, 0.717) is 5.02 Å². The first kappa shape index (κ1) is 11.8. The van der Waals surface area contributed by atoms with Crippen molar-refractivity contribution in [1.29, 1.82) is 0 Å². The molecule has 0 amide bonds. The molecule has 0 aliphatic rings. The molecule has 16 heavy (non-hydrogen) atoms. The monoisotopic (exact) mass is 255 g/mol. The van der Waals surface area contributed by atoms with Gasteiger partial charge in [-0.15, -0.1) is 0 Å². The SMILES string of the molecule is CCCCCn1ccc2c(Cl)cc(Cl)cc21. The van der Waals surface area contributed by atoms with Gasteiger partial charge in [-0.25, -0.2) is 0 Å². The molecule has 1 heterocycles. The zero-order valence-electron chi connectivity index (χ0n) is 9.34. The van der Waals surface area contributed by atoms with E-state index >= 15 is 0 Å². The Labute approximate surface area is 106 Å². The summed E-state index contributed by atoms with van der Waals surface area (Å²) in [5.74, 6) is 0. The smallest absolute Gasteiger partial charge is 0.0514 e. The summed E-state index contributed by atoms with van der Waals surface area (Å²) in [6, 6.07) is 5.83. The van der Waals surface area contributed by atoms with Gasteiger partial charge in [-0.2, -0.15) is 0 Å². The summed E-state index contributed by atoms with van der Waals surface area (Å²) < 4.78 is 2.22. The van der Waals surface area contributed by atoms with Crippen LogP contribution in [0.15, 0.2) is 24.4 Å². The van der Waals surface area contributed by atoms with Gasteiger partial charge in [-0.05, 0) is 24.6 Å². The summed E-state index contributed by atoms with van der Waals surface area (Å²) >= 11 is 12.2. The second-order valence-corrected chi connectivity index (χ2v) is 4.88. The van der Waals surface area contributed by atoms with Crippen molar-refractivity contribution in [2.45, 2.75) is 32.7 Å². The Morgan fingerprint density at radius 1 is 1.19 bits per heavy atom. The number of nitrogens with zero attached hydrogens (tertiary/aromatic N) is 1. The van der Waals surface area contributed by atoms with Gasteiger partial charge in [0, 0.05) is 23.2 Å². The van der Waals surface area contributed by atoms with Gasteiger partial charge in [0.2, 0.25) is 0 Å². The zero-order chi connectivity index (χ0) is 11.5. The van der Waals surface area contributed by atoms with Crippen LogP contribution >= 0.6 is 23.2 Å². The molecule has 0 saturated carbocycles. The van der Waals surface area contributed by atoms with Gasteiger partial charge < -0.3 is 4.57 Å². The van der Waals surface area contributed by atoms with Crippen molar-refractivity contribution in [2.75, 3.05) is 0 Å². The topological polar surface area (TPSA) is 4.93 Å². The van der Waals surface area contributed by atoms with E-state index in [1.807, 2.05) is 6.07 Å². The Morgan fingerprint density at radius 3 is 2.75 bits per heavy atom. The first-order valence-electron chi connectivity index (χ1n) is 5.66. The molecule has 1 aromatic carbocycles. The summed E-state index contributed by atoms with van der Waals surface area (Å²) in [5.41, 5.74) is 1.13. The van der Waals surface area contributed by atoms with Crippen LogP contribution in [0.25, 0.3) is 10.9 Å². The van der Waals surface area contributed by atoms with Crippen molar-refractivity contribution in [3.8, 4) is 0 Å². The quantitative estimate of drug-likeness (QED) is 0.667. The van der Waals surface area contributed by atoms with E-state index in [9.17, 15) is 0 Å². The van der Waals surface area contributed by atoms with Crippen LogP contribution < -0.4 is 0 Å². The number of fused-ring (bicyclic) bond motifs is 1. The zero-order valence-corrected chi connectivity index (χ0v) is 10.9. The minimum atomic E-state index is 0.702. The van der Waals surface area contributed by atoms with Gasteiger partial charge in [0.1, 0.15) is 0 Å². The highest BCUT2D eigenvalue weighted by Gasteiger charge is 2.05. The number of aromatic nitrogens is 1. The maximum Gasteiger partial charge on any atom is 0.0514 e. The van der Waals surface area contributed by atoms with Crippen LogP contribution in [-0.2, 0) is 6.54 Å². The molecule has 0 spiro atoms. The maximum atomic E-state index is 6.14. The van der Waals surface area contributed by atoms with E-state index in [1.54, 1.807) is 6.07 Å². The maximum absolute atomic E-state index is 6.14. The highest BCUT2D eigenvalue weighted by molar-refractivity contribution is 6.38. The van der Waals surface area contributed by atoms with Crippen molar-refractivity contribution in [2.24, 2.45) is 0 Å². The number of benzene rings is 1. The molecule has 1 nitrogen and oxygen atoms in total. The van der Waals surface area contributed by atoms with Crippen molar-refractivity contribution in [3.05, 3.63) is 34.4 Å². The van der Waals surface area contributed by atoms with Crippen LogP contribution in [0.1, 0.15) is 26.2 Å². The van der Waals surface area contributed by atoms with Gasteiger partial charge in [-0.3, -0.25) is 0 Å². The number of hydrogen-bond acceptors (Lipinski definition) is 0. The molecule has 86 valence electrons. The molecule has 2 aromatic rings. The lowest BCUT2D eigenvalue weighted by Crippen LogP contribution is -1.95. The number of aryl methyl sites for hydroxylation is 1. The summed E-state index contributed by atoms with van der Waals surface area (Å²) in [6.07, 6.45) is 5.78. The number of rotatable bonds is 4. The predicted octanol–water partition coefficient (Wildman–Crippen LogP) is 5.14. The molecular weight excluding hydrogens is 241 g/mol. The van der Waals surface area contributed by atoms with Gasteiger partial charge in [0.05, 0.1) is 10.5 Å². The molecule has 0 fully saturated rings. The van der Waals surface area contributed by atoms with Crippen LogP contribution in [0.4, 0.5) is 0 Å². The molecule has 0 radical (unpaired) electrons. The van der Waals surface area contributed by atoms with Crippen molar-refractivity contribution >= 4 is 34.1 Å². The minimum Gasteiger partial charge on any atom is -0.347 e. The summed E-state index contributed by atoms with van der Waals surface area (Å²) in [5, 5.41) is 2.52. The normalized spacial score (nSPS) is 11.2. The average Bonchev–Trinajstić information content (AvgIpc) is 2.62. The molecule has 0 N–H and O–H groups in total. The van der Waals surface area contributed by atoms with E-state index in [-0.39, 0.29) is 0 Å². The molecule has 0 saturated heterocycles. The lowest BCUT2D eigenvalue weighted by Gasteiger charge is -2.05. The second-order valence-electron chi connectivity index (χ2n) is 4.04.